The van der Waals surface area contributed by atoms with Gasteiger partial charge in [-0.3, -0.25) is 0 Å². The molecule has 18 heavy (non-hydrogen) atoms. The fourth-order valence-corrected chi connectivity index (χ4v) is 2.37. The number of aryl methyl sites for hydroxylation is 1. The largest absolute Gasteiger partial charge is 0.496 e. The Morgan fingerprint density at radius 2 is 1.89 bits per heavy atom. The first-order valence-corrected chi connectivity index (χ1v) is 6.56. The maximum atomic E-state index is 5.49. The van der Waals surface area contributed by atoms with Gasteiger partial charge in [0.1, 0.15) is 5.75 Å². The molecule has 0 radical (unpaired) electrons. The van der Waals surface area contributed by atoms with E-state index in [-0.39, 0.29) is 0 Å². The van der Waals surface area contributed by atoms with Crippen LogP contribution >= 0.6 is 0 Å². The monoisotopic (exact) mass is 243 g/mol. The smallest absolute Gasteiger partial charge is 0.122 e. The molecule has 2 heteroatoms. The number of hydrogen-bond donors (Lipinski definition) is 1. The Labute approximate surface area is 109 Å². The lowest BCUT2D eigenvalue weighted by molar-refractivity contribution is 0.410. The number of nitrogens with one attached hydrogen (secondary N) is 1. The van der Waals surface area contributed by atoms with Gasteiger partial charge in [-0.2, -0.15) is 0 Å². The molecule has 2 nitrogen and oxygen atoms in total. The summed E-state index contributed by atoms with van der Waals surface area (Å²) in [4.78, 5) is 0. The summed E-state index contributed by atoms with van der Waals surface area (Å²) >= 11 is 0. The molecule has 0 spiro atoms. The number of hydrogen-bond acceptors (Lipinski definition) is 2. The summed E-state index contributed by atoms with van der Waals surface area (Å²) in [5, 5.41) is 5.80. The van der Waals surface area contributed by atoms with E-state index in [1.54, 1.807) is 7.11 Å². The molecule has 0 unspecified atom stereocenters. The number of ether oxygens (including phenoxy) is 1. The van der Waals surface area contributed by atoms with Crippen LogP contribution in [0.3, 0.4) is 0 Å². The third-order valence-electron chi connectivity index (χ3n) is 3.32. The van der Waals surface area contributed by atoms with Gasteiger partial charge in [-0.15, -0.1) is 0 Å². The highest BCUT2D eigenvalue weighted by Gasteiger charge is 2.07. The molecule has 2 aromatic rings. The lowest BCUT2D eigenvalue weighted by atomic mass is 9.99. The zero-order valence-corrected chi connectivity index (χ0v) is 11.2. The molecule has 0 aromatic heterocycles. The highest BCUT2D eigenvalue weighted by molar-refractivity contribution is 5.87. The van der Waals surface area contributed by atoms with E-state index in [9.17, 15) is 0 Å². The number of rotatable bonds is 6. The maximum Gasteiger partial charge on any atom is 0.122 e. The first-order chi connectivity index (χ1) is 8.86. The van der Waals surface area contributed by atoms with Crippen LogP contribution in [0.4, 0.5) is 0 Å². The van der Waals surface area contributed by atoms with Crippen molar-refractivity contribution in [3.05, 3.63) is 42.0 Å². The first-order valence-electron chi connectivity index (χ1n) is 6.56. The Balaban J connectivity index is 2.27. The summed E-state index contributed by atoms with van der Waals surface area (Å²) in [6.07, 6.45) is 3.46. The Bertz CT molecular complexity index is 507. The summed E-state index contributed by atoms with van der Waals surface area (Å²) in [5.74, 6) is 1.01. The number of fused-ring (bicyclic) bond motifs is 1. The van der Waals surface area contributed by atoms with E-state index in [2.05, 4.69) is 41.7 Å². The summed E-state index contributed by atoms with van der Waals surface area (Å²) in [6.45, 7) is 1.08. The van der Waals surface area contributed by atoms with Gasteiger partial charge in [-0.25, -0.2) is 0 Å². The van der Waals surface area contributed by atoms with Gasteiger partial charge in [0.15, 0.2) is 0 Å². The first kappa shape index (κ1) is 12.9. The number of unbranched alkanes of at least 4 members (excludes halogenated alkanes) is 1. The van der Waals surface area contributed by atoms with Gasteiger partial charge < -0.3 is 10.1 Å². The van der Waals surface area contributed by atoms with Gasteiger partial charge in [-0.1, -0.05) is 30.3 Å². The fraction of sp³-hybridized carbons (Fsp3) is 0.375. The van der Waals surface area contributed by atoms with Gasteiger partial charge in [0, 0.05) is 5.56 Å². The predicted octanol–water partition coefficient (Wildman–Crippen LogP) is 3.39. The molecule has 0 bridgehead atoms. The normalized spacial score (nSPS) is 10.8. The Kier molecular flexibility index (Phi) is 4.59. The lowest BCUT2D eigenvalue weighted by Crippen LogP contribution is -2.07. The van der Waals surface area contributed by atoms with Crippen molar-refractivity contribution in [2.45, 2.75) is 19.3 Å². The molecular formula is C16H21NO. The van der Waals surface area contributed by atoms with Crippen molar-refractivity contribution in [3.8, 4) is 5.75 Å². The van der Waals surface area contributed by atoms with Crippen LogP contribution in [0.1, 0.15) is 18.4 Å². The van der Waals surface area contributed by atoms with E-state index >= 15 is 0 Å². The molecule has 0 fully saturated rings. The van der Waals surface area contributed by atoms with Crippen LogP contribution in [0, 0.1) is 0 Å². The van der Waals surface area contributed by atoms with Crippen LogP contribution in [-0.4, -0.2) is 20.7 Å². The van der Waals surface area contributed by atoms with Crippen molar-refractivity contribution < 1.29 is 4.74 Å². The third-order valence-corrected chi connectivity index (χ3v) is 3.32. The molecule has 2 aromatic carbocycles. The fourth-order valence-electron chi connectivity index (χ4n) is 2.37. The van der Waals surface area contributed by atoms with E-state index in [1.807, 2.05) is 7.05 Å². The second-order valence-electron chi connectivity index (χ2n) is 4.53. The van der Waals surface area contributed by atoms with Crippen molar-refractivity contribution >= 4 is 10.8 Å². The minimum Gasteiger partial charge on any atom is -0.496 e. The SMILES string of the molecule is CNCCCCc1c(OC)ccc2ccccc12. The minimum absolute atomic E-state index is 1.01. The zero-order chi connectivity index (χ0) is 12.8. The van der Waals surface area contributed by atoms with Crippen molar-refractivity contribution in [1.29, 1.82) is 0 Å². The maximum absolute atomic E-state index is 5.49. The quantitative estimate of drug-likeness (QED) is 0.785. The summed E-state index contributed by atoms with van der Waals surface area (Å²) in [5.41, 5.74) is 1.34. The molecule has 96 valence electrons. The van der Waals surface area contributed by atoms with E-state index in [4.69, 9.17) is 4.74 Å². The van der Waals surface area contributed by atoms with E-state index < -0.39 is 0 Å². The van der Waals surface area contributed by atoms with E-state index in [0.717, 1.165) is 18.7 Å². The van der Waals surface area contributed by atoms with Gasteiger partial charge in [0.2, 0.25) is 0 Å². The number of benzene rings is 2. The summed E-state index contributed by atoms with van der Waals surface area (Å²) < 4.78 is 5.49. The standard InChI is InChI=1S/C16H21NO/c1-17-12-6-5-9-15-14-8-4-3-7-13(14)10-11-16(15)18-2/h3-4,7-8,10-11,17H,5-6,9,12H2,1-2H3. The molecule has 0 saturated heterocycles. The molecule has 0 atom stereocenters. The molecule has 0 amide bonds. The van der Waals surface area contributed by atoms with Crippen LogP contribution in [0.15, 0.2) is 36.4 Å². The van der Waals surface area contributed by atoms with Crippen molar-refractivity contribution in [2.75, 3.05) is 20.7 Å². The average Bonchev–Trinajstić information content (AvgIpc) is 2.43. The molecule has 0 saturated carbocycles. The zero-order valence-electron chi connectivity index (χ0n) is 11.2. The van der Waals surface area contributed by atoms with Gasteiger partial charge in [-0.05, 0) is 49.7 Å². The summed E-state index contributed by atoms with van der Waals surface area (Å²) in [7, 11) is 3.75. The van der Waals surface area contributed by atoms with Crippen LogP contribution < -0.4 is 10.1 Å². The van der Waals surface area contributed by atoms with Crippen LogP contribution in [-0.2, 0) is 6.42 Å². The molecule has 0 aliphatic carbocycles. The van der Waals surface area contributed by atoms with Gasteiger partial charge in [0.05, 0.1) is 7.11 Å². The van der Waals surface area contributed by atoms with Crippen LogP contribution in [0.2, 0.25) is 0 Å². The van der Waals surface area contributed by atoms with Crippen molar-refractivity contribution in [3.63, 3.8) is 0 Å². The van der Waals surface area contributed by atoms with Crippen molar-refractivity contribution in [2.24, 2.45) is 0 Å². The second kappa shape index (κ2) is 6.41. The molecule has 0 aliphatic rings. The van der Waals surface area contributed by atoms with E-state index in [1.165, 1.54) is 29.2 Å². The van der Waals surface area contributed by atoms with Crippen molar-refractivity contribution in [1.82, 2.24) is 5.32 Å². The average molecular weight is 243 g/mol. The molecular weight excluding hydrogens is 222 g/mol. The molecule has 1 N–H and O–H groups in total. The molecule has 0 aliphatic heterocycles. The van der Waals surface area contributed by atoms with Crippen LogP contribution in [0.5, 0.6) is 5.75 Å². The Morgan fingerprint density at radius 3 is 2.67 bits per heavy atom. The van der Waals surface area contributed by atoms with E-state index in [0.29, 0.717) is 0 Å². The highest BCUT2D eigenvalue weighted by Crippen LogP contribution is 2.29. The lowest BCUT2D eigenvalue weighted by Gasteiger charge is -2.12. The predicted molar refractivity (Wildman–Crippen MR) is 77.4 cm³/mol. The topological polar surface area (TPSA) is 21.3 Å². The van der Waals surface area contributed by atoms with Gasteiger partial charge >= 0.3 is 0 Å². The molecule has 0 heterocycles. The van der Waals surface area contributed by atoms with Crippen LogP contribution in [0.25, 0.3) is 10.8 Å². The Morgan fingerprint density at radius 1 is 1.06 bits per heavy atom. The third kappa shape index (κ3) is 2.82. The summed E-state index contributed by atoms with van der Waals surface area (Å²) in [6, 6.07) is 12.7. The second-order valence-corrected chi connectivity index (χ2v) is 4.53. The minimum atomic E-state index is 1.01. The van der Waals surface area contributed by atoms with Gasteiger partial charge in [0.25, 0.3) is 0 Å². The Hall–Kier alpha value is -1.54. The molecule has 2 rings (SSSR count). The highest BCUT2D eigenvalue weighted by atomic mass is 16.5. The number of methoxy groups -OCH3 is 1.